The van der Waals surface area contributed by atoms with E-state index in [1.807, 2.05) is 0 Å². The van der Waals surface area contributed by atoms with Gasteiger partial charge in [0.1, 0.15) is 0 Å². The van der Waals surface area contributed by atoms with E-state index in [2.05, 4.69) is 22.1 Å². The molecule has 0 radical (unpaired) electrons. The highest BCUT2D eigenvalue weighted by molar-refractivity contribution is 7.80. The van der Waals surface area contributed by atoms with E-state index >= 15 is 0 Å². The number of nitrogens with zero attached hydrogens (tertiary/aromatic N) is 3. The minimum absolute atomic E-state index is 0.0476. The largest absolute Gasteiger partial charge is 0.379 e. The fourth-order valence-corrected chi connectivity index (χ4v) is 3.92. The smallest absolute Gasteiger partial charge is 0.251 e. The van der Waals surface area contributed by atoms with Crippen LogP contribution < -0.4 is 5.32 Å². The van der Waals surface area contributed by atoms with Crippen LogP contribution in [0, 0.1) is 5.92 Å². The highest BCUT2D eigenvalue weighted by Crippen LogP contribution is 2.23. The van der Waals surface area contributed by atoms with E-state index in [1.165, 1.54) is 0 Å². The molecular formula is C21H30N4O3S. The highest BCUT2D eigenvalue weighted by Gasteiger charge is 2.34. The van der Waals surface area contributed by atoms with Crippen molar-refractivity contribution in [1.29, 1.82) is 0 Å². The molecule has 8 heteroatoms. The zero-order chi connectivity index (χ0) is 20.6. The van der Waals surface area contributed by atoms with Gasteiger partial charge in [-0.25, -0.2) is 4.99 Å². The number of rotatable bonds is 9. The van der Waals surface area contributed by atoms with Gasteiger partial charge < -0.3 is 10.1 Å². The first kappa shape index (κ1) is 21.8. The van der Waals surface area contributed by atoms with Crippen LogP contribution in [0.3, 0.4) is 0 Å². The van der Waals surface area contributed by atoms with Crippen LogP contribution in [0.5, 0.6) is 0 Å². The third-order valence-electron chi connectivity index (χ3n) is 5.37. The summed E-state index contributed by atoms with van der Waals surface area (Å²) in [5, 5.41) is 3.25. The van der Waals surface area contributed by atoms with Crippen molar-refractivity contribution < 1.29 is 14.3 Å². The molecule has 158 valence electrons. The van der Waals surface area contributed by atoms with Crippen molar-refractivity contribution >= 4 is 34.9 Å². The average Bonchev–Trinajstić information content (AvgIpc) is 2.74. The van der Waals surface area contributed by atoms with Crippen molar-refractivity contribution in [3.63, 3.8) is 0 Å². The van der Waals surface area contributed by atoms with E-state index < -0.39 is 5.92 Å². The molecule has 7 nitrogen and oxygen atoms in total. The molecule has 0 aromatic heterocycles. The quantitative estimate of drug-likeness (QED) is 0.456. The number of ether oxygens (including phenoxy) is 1. The Morgan fingerprint density at radius 3 is 2.83 bits per heavy atom. The first-order valence-corrected chi connectivity index (χ1v) is 10.9. The number of aliphatic imine (C=N–C) groups is 1. The van der Waals surface area contributed by atoms with Crippen molar-refractivity contribution in [2.45, 2.75) is 32.6 Å². The maximum atomic E-state index is 12.8. The molecule has 0 bridgehead atoms. The van der Waals surface area contributed by atoms with Gasteiger partial charge in [-0.15, -0.1) is 0 Å². The number of nitrogens with one attached hydrogen (secondary N) is 1. The Morgan fingerprint density at radius 2 is 2.07 bits per heavy atom. The van der Waals surface area contributed by atoms with Crippen LogP contribution >= 0.6 is 12.2 Å². The number of thiocarbonyl (C=S) groups is 1. The molecule has 1 saturated heterocycles. The van der Waals surface area contributed by atoms with Crippen LogP contribution in [0.2, 0.25) is 0 Å². The SMILES string of the molecule is CCCCCN1C(=O)C2C=CC(C(=O)NCCCN3CCOCC3)=CC2=NC1=S. The van der Waals surface area contributed by atoms with E-state index in [9.17, 15) is 9.59 Å². The van der Waals surface area contributed by atoms with E-state index in [-0.39, 0.29) is 11.8 Å². The molecule has 1 atom stereocenters. The lowest BCUT2D eigenvalue weighted by atomic mass is 9.91. The molecule has 3 rings (SSSR count). The second kappa shape index (κ2) is 10.8. The molecule has 2 aliphatic heterocycles. The maximum Gasteiger partial charge on any atom is 0.251 e. The zero-order valence-corrected chi connectivity index (χ0v) is 17.9. The molecule has 0 spiro atoms. The van der Waals surface area contributed by atoms with Crippen LogP contribution in [-0.2, 0) is 14.3 Å². The summed E-state index contributed by atoms with van der Waals surface area (Å²) in [6.45, 7) is 7.75. The Bertz CT molecular complexity index is 725. The van der Waals surface area contributed by atoms with Crippen molar-refractivity contribution in [2.75, 3.05) is 45.9 Å². The second-order valence-corrected chi connectivity index (χ2v) is 7.88. The third kappa shape index (κ3) is 5.81. The monoisotopic (exact) mass is 418 g/mol. The Kier molecular flexibility index (Phi) is 8.09. The van der Waals surface area contributed by atoms with Crippen molar-refractivity contribution in [2.24, 2.45) is 10.9 Å². The van der Waals surface area contributed by atoms with Gasteiger partial charge in [0, 0.05) is 31.8 Å². The summed E-state index contributed by atoms with van der Waals surface area (Å²) in [5.74, 6) is -0.636. The van der Waals surface area contributed by atoms with Gasteiger partial charge >= 0.3 is 0 Å². The van der Waals surface area contributed by atoms with E-state index in [0.29, 0.717) is 29.5 Å². The van der Waals surface area contributed by atoms with Gasteiger partial charge in [-0.1, -0.05) is 31.9 Å². The topological polar surface area (TPSA) is 74.2 Å². The average molecular weight is 419 g/mol. The van der Waals surface area contributed by atoms with E-state index in [1.54, 1.807) is 23.1 Å². The van der Waals surface area contributed by atoms with Gasteiger partial charge in [0.15, 0.2) is 0 Å². The van der Waals surface area contributed by atoms with Crippen LogP contribution in [0.4, 0.5) is 0 Å². The molecule has 1 aliphatic carbocycles. The molecule has 2 heterocycles. The lowest BCUT2D eigenvalue weighted by Crippen LogP contribution is -2.46. The van der Waals surface area contributed by atoms with Crippen LogP contribution in [0.1, 0.15) is 32.6 Å². The molecule has 0 aromatic rings. The number of allylic oxidation sites excluding steroid dienone is 1. The number of fused-ring (bicyclic) bond motifs is 1. The van der Waals surface area contributed by atoms with E-state index in [0.717, 1.165) is 58.5 Å². The molecular weight excluding hydrogens is 388 g/mol. The summed E-state index contributed by atoms with van der Waals surface area (Å²) >= 11 is 5.32. The molecule has 1 unspecified atom stereocenters. The van der Waals surface area contributed by atoms with Gasteiger partial charge in [-0.3, -0.25) is 19.4 Å². The fraction of sp³-hybridized carbons (Fsp3) is 0.619. The maximum absolute atomic E-state index is 12.8. The number of amides is 2. The number of unbranched alkanes of at least 4 members (excludes halogenated alkanes) is 2. The zero-order valence-electron chi connectivity index (χ0n) is 17.1. The number of carbonyl (C=O) groups excluding carboxylic acids is 2. The lowest BCUT2D eigenvalue weighted by molar-refractivity contribution is -0.128. The second-order valence-electron chi connectivity index (χ2n) is 7.52. The molecule has 1 fully saturated rings. The Morgan fingerprint density at radius 1 is 1.28 bits per heavy atom. The number of hydrogen-bond donors (Lipinski definition) is 1. The predicted octanol–water partition coefficient (Wildman–Crippen LogP) is 1.70. The summed E-state index contributed by atoms with van der Waals surface area (Å²) < 4.78 is 5.34. The van der Waals surface area contributed by atoms with Gasteiger partial charge in [-0.2, -0.15) is 0 Å². The van der Waals surface area contributed by atoms with Crippen molar-refractivity contribution in [3.8, 4) is 0 Å². The van der Waals surface area contributed by atoms with Crippen LogP contribution in [0.25, 0.3) is 0 Å². The molecule has 2 amide bonds. The first-order valence-electron chi connectivity index (χ1n) is 10.5. The van der Waals surface area contributed by atoms with Gasteiger partial charge in [0.05, 0.1) is 24.8 Å². The molecule has 0 saturated carbocycles. The minimum atomic E-state index is -0.443. The molecule has 3 aliphatic rings. The number of hydrogen-bond acceptors (Lipinski definition) is 5. The predicted molar refractivity (Wildman–Crippen MR) is 117 cm³/mol. The standard InChI is InChI=1S/C21H30N4O3S/c1-2-3-4-10-25-20(27)17-7-6-16(15-18(17)23-21(25)29)19(26)22-8-5-9-24-11-13-28-14-12-24/h6-7,15,17H,2-5,8-14H2,1H3,(H,22,26). The Balaban J connectivity index is 1.51. The van der Waals surface area contributed by atoms with Gasteiger partial charge in [-0.05, 0) is 37.7 Å². The highest BCUT2D eigenvalue weighted by atomic mass is 32.1. The lowest BCUT2D eigenvalue weighted by Gasteiger charge is -2.30. The summed E-state index contributed by atoms with van der Waals surface area (Å²) in [4.78, 5) is 33.6. The van der Waals surface area contributed by atoms with Gasteiger partial charge in [0.2, 0.25) is 11.0 Å². The summed E-state index contributed by atoms with van der Waals surface area (Å²) in [6, 6.07) is 0. The molecule has 29 heavy (non-hydrogen) atoms. The summed E-state index contributed by atoms with van der Waals surface area (Å²) in [7, 11) is 0. The number of morpholine rings is 1. The Hall–Kier alpha value is -1.90. The van der Waals surface area contributed by atoms with Gasteiger partial charge in [0.25, 0.3) is 5.91 Å². The van der Waals surface area contributed by atoms with E-state index in [4.69, 9.17) is 17.0 Å². The number of carbonyl (C=O) groups is 2. The molecule has 0 aromatic carbocycles. The fourth-order valence-electron chi connectivity index (χ4n) is 3.64. The van der Waals surface area contributed by atoms with Crippen LogP contribution in [-0.4, -0.2) is 78.4 Å². The Labute approximate surface area is 177 Å². The summed E-state index contributed by atoms with van der Waals surface area (Å²) in [5.41, 5.74) is 1.08. The van der Waals surface area contributed by atoms with Crippen molar-refractivity contribution in [3.05, 3.63) is 23.8 Å². The van der Waals surface area contributed by atoms with Crippen molar-refractivity contribution in [1.82, 2.24) is 15.1 Å². The van der Waals surface area contributed by atoms with Crippen LogP contribution in [0.15, 0.2) is 28.8 Å². The summed E-state index contributed by atoms with van der Waals surface area (Å²) in [6.07, 6.45) is 9.12. The third-order valence-corrected chi connectivity index (χ3v) is 5.68. The minimum Gasteiger partial charge on any atom is -0.379 e. The first-order chi connectivity index (χ1) is 14.1. The normalized spacial score (nSPS) is 22.2. The molecule has 1 N–H and O–H groups in total.